The molecular formula is C13H20N4O2S. The third-order valence-electron chi connectivity index (χ3n) is 3.39. The molecule has 0 spiro atoms. The van der Waals surface area contributed by atoms with Gasteiger partial charge in [0, 0.05) is 37.5 Å². The van der Waals surface area contributed by atoms with Crippen molar-refractivity contribution in [3.8, 4) is 0 Å². The molecule has 0 aliphatic carbocycles. The fourth-order valence-electron chi connectivity index (χ4n) is 2.18. The monoisotopic (exact) mass is 296 g/mol. The number of amides is 2. The number of nitrogens with zero attached hydrogens (tertiary/aromatic N) is 3. The molecule has 1 aliphatic heterocycles. The average molecular weight is 296 g/mol. The summed E-state index contributed by atoms with van der Waals surface area (Å²) >= 11 is 1.46. The number of hydrogen-bond donors (Lipinski definition) is 1. The Morgan fingerprint density at radius 2 is 2.10 bits per heavy atom. The van der Waals surface area contributed by atoms with Crippen LogP contribution in [0.15, 0.2) is 0 Å². The lowest BCUT2D eigenvalue weighted by molar-refractivity contribution is -0.142. The van der Waals surface area contributed by atoms with Gasteiger partial charge < -0.3 is 9.80 Å². The van der Waals surface area contributed by atoms with Crippen LogP contribution < -0.4 is 5.32 Å². The molecule has 2 heterocycles. The fraction of sp³-hybridized carbons (Fsp3) is 0.615. The van der Waals surface area contributed by atoms with E-state index < -0.39 is 11.8 Å². The molecule has 0 bridgehead atoms. The third kappa shape index (κ3) is 3.16. The molecule has 0 unspecified atom stereocenters. The van der Waals surface area contributed by atoms with Crippen LogP contribution in [-0.2, 0) is 22.6 Å². The Morgan fingerprint density at radius 1 is 1.40 bits per heavy atom. The maximum atomic E-state index is 11.9. The van der Waals surface area contributed by atoms with Gasteiger partial charge >= 0.3 is 11.8 Å². The zero-order chi connectivity index (χ0) is 14.7. The number of fused-ring (bicyclic) bond motifs is 1. The van der Waals surface area contributed by atoms with E-state index in [0.29, 0.717) is 18.2 Å². The molecule has 2 rings (SSSR count). The van der Waals surface area contributed by atoms with E-state index in [4.69, 9.17) is 0 Å². The van der Waals surface area contributed by atoms with Crippen LogP contribution in [0.4, 0.5) is 5.13 Å². The second-order valence-electron chi connectivity index (χ2n) is 4.81. The first-order valence-electron chi connectivity index (χ1n) is 6.82. The summed E-state index contributed by atoms with van der Waals surface area (Å²) in [6.07, 6.45) is 0.891. The number of hydrogen-bond acceptors (Lipinski definition) is 5. The van der Waals surface area contributed by atoms with Crippen LogP contribution in [0.1, 0.15) is 24.4 Å². The van der Waals surface area contributed by atoms with Crippen LogP contribution >= 0.6 is 11.3 Å². The predicted octanol–water partition coefficient (Wildman–Crippen LogP) is 0.938. The molecule has 1 aromatic rings. The fourth-order valence-corrected chi connectivity index (χ4v) is 3.27. The van der Waals surface area contributed by atoms with Crippen LogP contribution in [0.3, 0.4) is 0 Å². The molecule has 6 nitrogen and oxygen atoms in total. The third-order valence-corrected chi connectivity index (χ3v) is 4.39. The molecule has 0 aromatic carbocycles. The van der Waals surface area contributed by atoms with Crippen LogP contribution in [0, 0.1) is 0 Å². The first-order valence-corrected chi connectivity index (χ1v) is 7.64. The summed E-state index contributed by atoms with van der Waals surface area (Å²) < 4.78 is 0. The van der Waals surface area contributed by atoms with Crippen molar-refractivity contribution in [2.75, 3.05) is 32.0 Å². The molecule has 110 valence electrons. The van der Waals surface area contributed by atoms with E-state index >= 15 is 0 Å². The number of thiazole rings is 1. The Hall–Kier alpha value is -1.47. The van der Waals surface area contributed by atoms with E-state index in [1.807, 2.05) is 13.8 Å². The minimum Gasteiger partial charge on any atom is -0.335 e. The average Bonchev–Trinajstić information content (AvgIpc) is 2.81. The number of carbonyl (C=O) groups is 2. The number of carbonyl (C=O) groups excluding carboxylic acids is 2. The highest BCUT2D eigenvalue weighted by molar-refractivity contribution is 7.16. The maximum absolute atomic E-state index is 11.9. The summed E-state index contributed by atoms with van der Waals surface area (Å²) in [5.74, 6) is -1.10. The molecule has 20 heavy (non-hydrogen) atoms. The second kappa shape index (κ2) is 6.32. The molecule has 0 saturated carbocycles. The summed E-state index contributed by atoms with van der Waals surface area (Å²) in [6.45, 7) is 6.60. The van der Waals surface area contributed by atoms with Crippen molar-refractivity contribution >= 4 is 28.3 Å². The van der Waals surface area contributed by atoms with Crippen molar-refractivity contribution < 1.29 is 9.59 Å². The summed E-state index contributed by atoms with van der Waals surface area (Å²) in [6, 6.07) is 0. The van der Waals surface area contributed by atoms with Gasteiger partial charge in [0.05, 0.1) is 5.69 Å². The van der Waals surface area contributed by atoms with Gasteiger partial charge in [-0.25, -0.2) is 4.98 Å². The first kappa shape index (κ1) is 14.9. The Bertz CT molecular complexity index is 510. The normalized spacial score (nSPS) is 14.8. The zero-order valence-electron chi connectivity index (χ0n) is 12.1. The van der Waals surface area contributed by atoms with Gasteiger partial charge in [0.1, 0.15) is 0 Å². The van der Waals surface area contributed by atoms with E-state index in [-0.39, 0.29) is 0 Å². The van der Waals surface area contributed by atoms with Gasteiger partial charge in [-0.05, 0) is 20.9 Å². The molecule has 0 atom stereocenters. The molecule has 0 radical (unpaired) electrons. The van der Waals surface area contributed by atoms with E-state index in [1.165, 1.54) is 21.1 Å². The highest BCUT2D eigenvalue weighted by Gasteiger charge is 2.23. The van der Waals surface area contributed by atoms with Crippen molar-refractivity contribution in [3.63, 3.8) is 0 Å². The summed E-state index contributed by atoms with van der Waals surface area (Å²) in [5, 5.41) is 3.15. The van der Waals surface area contributed by atoms with E-state index in [2.05, 4.69) is 22.2 Å². The Labute approximate surface area is 122 Å². The van der Waals surface area contributed by atoms with E-state index in [1.54, 1.807) is 0 Å². The van der Waals surface area contributed by atoms with Gasteiger partial charge in [-0.15, -0.1) is 11.3 Å². The first-order chi connectivity index (χ1) is 9.55. The number of nitrogens with one attached hydrogen (secondary N) is 1. The summed E-state index contributed by atoms with van der Waals surface area (Å²) in [5.41, 5.74) is 1.04. The quantitative estimate of drug-likeness (QED) is 0.843. The maximum Gasteiger partial charge on any atom is 0.315 e. The van der Waals surface area contributed by atoms with Crippen molar-refractivity contribution in [2.24, 2.45) is 0 Å². The van der Waals surface area contributed by atoms with Gasteiger partial charge in [-0.1, -0.05) is 0 Å². The standard InChI is InChI=1S/C13H20N4O2S/c1-4-17(5-2)12(19)11(18)15-13-14-9-6-7-16(3)8-10(9)20-13/h4-8H2,1-3H3,(H,14,15,18). The molecule has 0 saturated heterocycles. The van der Waals surface area contributed by atoms with Gasteiger partial charge in [-0.2, -0.15) is 0 Å². The highest BCUT2D eigenvalue weighted by atomic mass is 32.1. The molecule has 1 aromatic heterocycles. The van der Waals surface area contributed by atoms with Crippen molar-refractivity contribution in [2.45, 2.75) is 26.8 Å². The van der Waals surface area contributed by atoms with Gasteiger partial charge in [0.2, 0.25) is 0 Å². The summed E-state index contributed by atoms with van der Waals surface area (Å²) in [7, 11) is 2.06. The zero-order valence-corrected chi connectivity index (χ0v) is 12.9. The van der Waals surface area contributed by atoms with Crippen LogP contribution in [0.25, 0.3) is 0 Å². The number of likely N-dealkylation sites (N-methyl/N-ethyl adjacent to an activating group) is 2. The van der Waals surface area contributed by atoms with E-state index in [9.17, 15) is 9.59 Å². The largest absolute Gasteiger partial charge is 0.335 e. The number of anilines is 1. The molecule has 7 heteroatoms. The molecule has 0 fully saturated rings. The summed E-state index contributed by atoms with van der Waals surface area (Å²) in [4.78, 5) is 33.1. The minimum atomic E-state index is -0.604. The van der Waals surface area contributed by atoms with Crippen molar-refractivity contribution in [1.82, 2.24) is 14.8 Å². The molecule has 1 N–H and O–H groups in total. The van der Waals surface area contributed by atoms with Crippen LogP contribution in [0.2, 0.25) is 0 Å². The van der Waals surface area contributed by atoms with Gasteiger partial charge in [-0.3, -0.25) is 14.9 Å². The van der Waals surface area contributed by atoms with Crippen LogP contribution in [-0.4, -0.2) is 53.3 Å². The van der Waals surface area contributed by atoms with Crippen LogP contribution in [0.5, 0.6) is 0 Å². The van der Waals surface area contributed by atoms with Crippen molar-refractivity contribution in [3.05, 3.63) is 10.6 Å². The molecular weight excluding hydrogens is 276 g/mol. The molecule has 1 aliphatic rings. The Balaban J connectivity index is 2.03. The second-order valence-corrected chi connectivity index (χ2v) is 5.89. The molecule has 2 amide bonds. The highest BCUT2D eigenvalue weighted by Crippen LogP contribution is 2.27. The Morgan fingerprint density at radius 3 is 2.75 bits per heavy atom. The predicted molar refractivity (Wildman–Crippen MR) is 78.7 cm³/mol. The van der Waals surface area contributed by atoms with E-state index in [0.717, 1.165) is 25.2 Å². The number of aromatic nitrogens is 1. The number of rotatable bonds is 3. The minimum absolute atomic E-state index is 0.500. The lowest BCUT2D eigenvalue weighted by Gasteiger charge is -2.20. The smallest absolute Gasteiger partial charge is 0.315 e. The SMILES string of the molecule is CCN(CC)C(=O)C(=O)Nc1nc2c(s1)CN(C)CC2. The lowest BCUT2D eigenvalue weighted by atomic mass is 10.2. The van der Waals surface area contributed by atoms with Gasteiger partial charge in [0.25, 0.3) is 0 Å². The Kier molecular flexibility index (Phi) is 4.72. The topological polar surface area (TPSA) is 65.5 Å². The lowest BCUT2D eigenvalue weighted by Crippen LogP contribution is -2.39. The van der Waals surface area contributed by atoms with Crippen molar-refractivity contribution in [1.29, 1.82) is 0 Å². The van der Waals surface area contributed by atoms with Gasteiger partial charge in [0.15, 0.2) is 5.13 Å².